The van der Waals surface area contributed by atoms with E-state index < -0.39 is 10.0 Å². The number of methoxy groups -OCH3 is 1. The zero-order chi connectivity index (χ0) is 15.5. The Morgan fingerprint density at radius 3 is 2.81 bits per heavy atom. The van der Waals surface area contributed by atoms with Crippen molar-refractivity contribution >= 4 is 15.9 Å². The molecule has 1 amide bonds. The highest BCUT2D eigenvalue weighted by molar-refractivity contribution is 7.89. The third-order valence-electron chi connectivity index (χ3n) is 3.63. The molecule has 6 nitrogen and oxygen atoms in total. The number of piperidine rings is 1. The van der Waals surface area contributed by atoms with Crippen LogP contribution in [0.2, 0.25) is 0 Å². The minimum Gasteiger partial charge on any atom is -0.384 e. The van der Waals surface area contributed by atoms with E-state index in [4.69, 9.17) is 9.88 Å². The third kappa shape index (κ3) is 3.81. The van der Waals surface area contributed by atoms with Gasteiger partial charge >= 0.3 is 0 Å². The fourth-order valence-corrected chi connectivity index (χ4v) is 3.41. The van der Waals surface area contributed by atoms with Crippen molar-refractivity contribution in [3.63, 3.8) is 0 Å². The fraction of sp³-hybridized carbons (Fsp3) is 0.500. The molecular weight excluding hydrogens is 292 g/mol. The van der Waals surface area contributed by atoms with Crippen molar-refractivity contribution in [2.75, 3.05) is 26.8 Å². The largest absolute Gasteiger partial charge is 0.384 e. The Kier molecular flexibility index (Phi) is 4.97. The van der Waals surface area contributed by atoms with E-state index in [1.807, 2.05) is 0 Å². The number of likely N-dealkylation sites (tertiary alicyclic amines) is 1. The van der Waals surface area contributed by atoms with Gasteiger partial charge in [0, 0.05) is 20.2 Å². The van der Waals surface area contributed by atoms with Crippen LogP contribution in [0.1, 0.15) is 23.2 Å². The Labute approximate surface area is 124 Å². The molecule has 1 unspecified atom stereocenters. The van der Waals surface area contributed by atoms with Crippen LogP contribution in [0.25, 0.3) is 0 Å². The van der Waals surface area contributed by atoms with Crippen LogP contribution in [-0.2, 0) is 14.8 Å². The zero-order valence-electron chi connectivity index (χ0n) is 12.0. The van der Waals surface area contributed by atoms with E-state index in [1.54, 1.807) is 24.1 Å². The maximum absolute atomic E-state index is 12.6. The van der Waals surface area contributed by atoms with Crippen LogP contribution in [0.4, 0.5) is 0 Å². The molecule has 1 aromatic carbocycles. The lowest BCUT2D eigenvalue weighted by molar-refractivity contribution is 0.0567. The van der Waals surface area contributed by atoms with Gasteiger partial charge in [0.2, 0.25) is 10.0 Å². The molecule has 0 bridgehead atoms. The zero-order valence-corrected chi connectivity index (χ0v) is 12.8. The van der Waals surface area contributed by atoms with Gasteiger partial charge < -0.3 is 9.64 Å². The predicted molar refractivity (Wildman–Crippen MR) is 78.3 cm³/mol. The number of hydrogen-bond donors (Lipinski definition) is 1. The van der Waals surface area contributed by atoms with Gasteiger partial charge in [-0.05, 0) is 30.9 Å². The summed E-state index contributed by atoms with van der Waals surface area (Å²) in [6.45, 7) is 1.80. The van der Waals surface area contributed by atoms with Gasteiger partial charge in [-0.25, -0.2) is 13.6 Å². The lowest BCUT2D eigenvalue weighted by Crippen LogP contribution is -2.41. The molecule has 1 aromatic rings. The summed E-state index contributed by atoms with van der Waals surface area (Å²) in [4.78, 5) is 14.1. The lowest BCUT2D eigenvalue weighted by Gasteiger charge is -2.32. The van der Waals surface area contributed by atoms with Gasteiger partial charge in [-0.15, -0.1) is 0 Å². The normalized spacial score (nSPS) is 19.5. The van der Waals surface area contributed by atoms with Crippen LogP contribution < -0.4 is 5.14 Å². The number of benzene rings is 1. The number of nitrogens with two attached hydrogens (primary N) is 1. The number of ether oxygens (including phenoxy) is 1. The minimum atomic E-state index is -3.91. The maximum atomic E-state index is 12.6. The molecular formula is C14H20N2O4S. The highest BCUT2D eigenvalue weighted by Crippen LogP contribution is 2.21. The third-order valence-corrected chi connectivity index (χ3v) is 4.60. The summed E-state index contributed by atoms with van der Waals surface area (Å²) < 4.78 is 28.3. The molecule has 0 aliphatic carbocycles. The first-order valence-electron chi connectivity index (χ1n) is 6.83. The summed E-state index contributed by atoms with van der Waals surface area (Å²) in [7, 11) is -2.28. The number of carbonyl (C=O) groups is 1. The first-order chi connectivity index (χ1) is 9.93. The second kappa shape index (κ2) is 6.55. The second-order valence-electron chi connectivity index (χ2n) is 5.26. The van der Waals surface area contributed by atoms with Gasteiger partial charge in [0.15, 0.2) is 0 Å². The molecule has 0 saturated carbocycles. The summed E-state index contributed by atoms with van der Waals surface area (Å²) >= 11 is 0. The molecule has 1 fully saturated rings. The molecule has 1 heterocycles. The fourth-order valence-electron chi connectivity index (χ4n) is 2.68. The number of primary sulfonamides is 1. The van der Waals surface area contributed by atoms with E-state index >= 15 is 0 Å². The second-order valence-corrected chi connectivity index (χ2v) is 6.79. The molecule has 1 aliphatic rings. The quantitative estimate of drug-likeness (QED) is 0.892. The van der Waals surface area contributed by atoms with Gasteiger partial charge in [-0.1, -0.05) is 12.1 Å². The first kappa shape index (κ1) is 15.9. The van der Waals surface area contributed by atoms with Crippen molar-refractivity contribution in [3.05, 3.63) is 29.8 Å². The van der Waals surface area contributed by atoms with Crippen LogP contribution in [0.5, 0.6) is 0 Å². The molecule has 2 N–H and O–H groups in total. The summed E-state index contributed by atoms with van der Waals surface area (Å²) in [5.74, 6) is -0.00484. The van der Waals surface area contributed by atoms with E-state index in [0.29, 0.717) is 19.7 Å². The van der Waals surface area contributed by atoms with Crippen molar-refractivity contribution < 1.29 is 17.9 Å². The van der Waals surface area contributed by atoms with Crippen molar-refractivity contribution in [1.29, 1.82) is 0 Å². The van der Waals surface area contributed by atoms with Crippen LogP contribution in [0, 0.1) is 5.92 Å². The monoisotopic (exact) mass is 312 g/mol. The van der Waals surface area contributed by atoms with Crippen molar-refractivity contribution in [2.45, 2.75) is 17.7 Å². The van der Waals surface area contributed by atoms with E-state index in [1.165, 1.54) is 12.1 Å². The molecule has 21 heavy (non-hydrogen) atoms. The minimum absolute atomic E-state index is 0.121. The average Bonchev–Trinajstić information content (AvgIpc) is 2.46. The molecule has 1 saturated heterocycles. The molecule has 2 rings (SSSR count). The Morgan fingerprint density at radius 2 is 2.14 bits per heavy atom. The van der Waals surface area contributed by atoms with Gasteiger partial charge in [-0.2, -0.15) is 0 Å². The van der Waals surface area contributed by atoms with Crippen molar-refractivity contribution in [3.8, 4) is 0 Å². The molecule has 116 valence electrons. The molecule has 1 aliphatic heterocycles. The van der Waals surface area contributed by atoms with Crippen LogP contribution >= 0.6 is 0 Å². The van der Waals surface area contributed by atoms with Gasteiger partial charge in [0.05, 0.1) is 17.1 Å². The van der Waals surface area contributed by atoms with Crippen LogP contribution in [-0.4, -0.2) is 46.0 Å². The summed E-state index contributed by atoms with van der Waals surface area (Å²) in [5.41, 5.74) is 0.137. The average molecular weight is 312 g/mol. The molecule has 1 atom stereocenters. The number of rotatable bonds is 4. The standard InChI is InChI=1S/C14H20N2O4S/c1-20-10-11-5-4-8-16(9-11)14(17)12-6-2-3-7-13(12)21(15,18)19/h2-3,6-7,11H,4-5,8-10H2,1H3,(H2,15,18,19). The highest BCUT2D eigenvalue weighted by atomic mass is 32.2. The van der Waals surface area contributed by atoms with Gasteiger partial charge in [0.1, 0.15) is 0 Å². The summed E-state index contributed by atoms with van der Waals surface area (Å²) in [5, 5.41) is 5.18. The Bertz CT molecular complexity index is 613. The molecule has 0 radical (unpaired) electrons. The number of amides is 1. The van der Waals surface area contributed by atoms with E-state index in [0.717, 1.165) is 12.8 Å². The number of sulfonamides is 1. The van der Waals surface area contributed by atoms with Crippen molar-refractivity contribution in [2.24, 2.45) is 11.1 Å². The Balaban J connectivity index is 2.24. The van der Waals surface area contributed by atoms with Crippen molar-refractivity contribution in [1.82, 2.24) is 4.90 Å². The smallest absolute Gasteiger partial charge is 0.255 e. The summed E-state index contributed by atoms with van der Waals surface area (Å²) in [6.07, 6.45) is 1.89. The Hall–Kier alpha value is -1.44. The molecule has 0 aromatic heterocycles. The van der Waals surface area contributed by atoms with E-state index in [2.05, 4.69) is 0 Å². The van der Waals surface area contributed by atoms with E-state index in [-0.39, 0.29) is 22.3 Å². The van der Waals surface area contributed by atoms with Gasteiger partial charge in [-0.3, -0.25) is 4.79 Å². The maximum Gasteiger partial charge on any atom is 0.255 e. The topological polar surface area (TPSA) is 89.7 Å². The van der Waals surface area contributed by atoms with E-state index in [9.17, 15) is 13.2 Å². The SMILES string of the molecule is COCC1CCCN(C(=O)c2ccccc2S(N)(=O)=O)C1. The molecule has 0 spiro atoms. The highest BCUT2D eigenvalue weighted by Gasteiger charge is 2.27. The Morgan fingerprint density at radius 1 is 1.43 bits per heavy atom. The predicted octanol–water partition coefficient (Wildman–Crippen LogP) is 0.833. The number of hydrogen-bond acceptors (Lipinski definition) is 4. The molecule has 7 heteroatoms. The first-order valence-corrected chi connectivity index (χ1v) is 8.38. The summed E-state index contributed by atoms with van der Waals surface area (Å²) in [6, 6.07) is 6.06. The van der Waals surface area contributed by atoms with Crippen LogP contribution in [0.15, 0.2) is 29.2 Å². The van der Waals surface area contributed by atoms with Crippen LogP contribution in [0.3, 0.4) is 0 Å². The number of nitrogens with zero attached hydrogens (tertiary/aromatic N) is 1. The lowest BCUT2D eigenvalue weighted by atomic mass is 9.98. The number of carbonyl (C=O) groups excluding carboxylic acids is 1. The van der Waals surface area contributed by atoms with Gasteiger partial charge in [0.25, 0.3) is 5.91 Å².